The molecule has 1 saturated heterocycles. The van der Waals surface area contributed by atoms with Crippen LogP contribution in [0.1, 0.15) is 18.5 Å². The van der Waals surface area contributed by atoms with Gasteiger partial charge in [-0.15, -0.1) is 0 Å². The first-order valence-electron chi connectivity index (χ1n) is 7.37. The fourth-order valence-corrected chi connectivity index (χ4v) is 2.85. The molecule has 1 fully saturated rings. The molecule has 3 heterocycles. The van der Waals surface area contributed by atoms with Crippen molar-refractivity contribution in [3.05, 3.63) is 34.4 Å². The third-order valence-electron chi connectivity index (χ3n) is 4.24. The van der Waals surface area contributed by atoms with Crippen molar-refractivity contribution in [2.75, 3.05) is 20.1 Å². The Morgan fingerprint density at radius 1 is 1.24 bits per heavy atom. The predicted molar refractivity (Wildman–Crippen MR) is 82.9 cm³/mol. The Bertz CT molecular complexity index is 715. The van der Waals surface area contributed by atoms with E-state index in [2.05, 4.69) is 16.9 Å². The third-order valence-corrected chi connectivity index (χ3v) is 4.24. The molecule has 1 aliphatic rings. The summed E-state index contributed by atoms with van der Waals surface area (Å²) >= 11 is 0. The fraction of sp³-hybridized carbons (Fsp3) is 0.500. The standard InChI is InChI=1S/C16H21N3O2/c1-11-16(21-13-6-8-18(2)9-7-13)15-12(10-17-11)4-5-14(20)19(15)3/h4-5,10,13H,6-9H2,1-3H3. The molecule has 0 atom stereocenters. The SMILES string of the molecule is Cc1ncc2ccc(=O)n(C)c2c1OC1CCN(C)CC1. The Kier molecular flexibility index (Phi) is 3.68. The minimum absolute atomic E-state index is 0.0265. The van der Waals surface area contributed by atoms with Gasteiger partial charge >= 0.3 is 0 Å². The van der Waals surface area contributed by atoms with Crippen LogP contribution in [0.25, 0.3) is 10.9 Å². The molecule has 2 aromatic rings. The minimum atomic E-state index is -0.0265. The van der Waals surface area contributed by atoms with E-state index >= 15 is 0 Å². The number of ether oxygens (including phenoxy) is 1. The highest BCUT2D eigenvalue weighted by molar-refractivity contribution is 5.84. The molecule has 1 aliphatic heterocycles. The number of likely N-dealkylation sites (tertiary alicyclic amines) is 1. The van der Waals surface area contributed by atoms with Gasteiger partial charge in [0, 0.05) is 37.8 Å². The average Bonchev–Trinajstić information content (AvgIpc) is 2.48. The van der Waals surface area contributed by atoms with Crippen molar-refractivity contribution in [1.82, 2.24) is 14.5 Å². The Morgan fingerprint density at radius 2 is 1.95 bits per heavy atom. The molecule has 0 unspecified atom stereocenters. The highest BCUT2D eigenvalue weighted by Crippen LogP contribution is 2.29. The summed E-state index contributed by atoms with van der Waals surface area (Å²) in [5, 5.41) is 0.936. The van der Waals surface area contributed by atoms with Crippen LogP contribution in [0.2, 0.25) is 0 Å². The molecule has 0 aromatic carbocycles. The van der Waals surface area contributed by atoms with Crippen molar-refractivity contribution in [3.63, 3.8) is 0 Å². The van der Waals surface area contributed by atoms with Gasteiger partial charge in [0.15, 0.2) is 5.75 Å². The average molecular weight is 287 g/mol. The molecule has 0 aliphatic carbocycles. The van der Waals surface area contributed by atoms with Crippen LogP contribution < -0.4 is 10.3 Å². The van der Waals surface area contributed by atoms with Crippen molar-refractivity contribution < 1.29 is 4.74 Å². The van der Waals surface area contributed by atoms with Crippen LogP contribution in [-0.2, 0) is 7.05 Å². The molecular weight excluding hydrogens is 266 g/mol. The second-order valence-electron chi connectivity index (χ2n) is 5.83. The maximum absolute atomic E-state index is 11.9. The maximum atomic E-state index is 11.9. The van der Waals surface area contributed by atoms with Gasteiger partial charge < -0.3 is 14.2 Å². The van der Waals surface area contributed by atoms with E-state index in [1.165, 1.54) is 0 Å². The zero-order valence-corrected chi connectivity index (χ0v) is 12.8. The first kappa shape index (κ1) is 14.1. The lowest BCUT2D eigenvalue weighted by molar-refractivity contribution is 0.114. The molecule has 0 N–H and O–H groups in total. The van der Waals surface area contributed by atoms with Gasteiger partial charge in [-0.25, -0.2) is 0 Å². The smallest absolute Gasteiger partial charge is 0.250 e. The van der Waals surface area contributed by atoms with Crippen LogP contribution in [0.5, 0.6) is 5.75 Å². The second-order valence-corrected chi connectivity index (χ2v) is 5.83. The highest BCUT2D eigenvalue weighted by atomic mass is 16.5. The summed E-state index contributed by atoms with van der Waals surface area (Å²) < 4.78 is 7.88. The molecule has 5 heteroatoms. The van der Waals surface area contributed by atoms with Gasteiger partial charge in [-0.1, -0.05) is 0 Å². The van der Waals surface area contributed by atoms with Crippen molar-refractivity contribution in [2.24, 2.45) is 7.05 Å². The summed E-state index contributed by atoms with van der Waals surface area (Å²) in [7, 11) is 3.91. The Morgan fingerprint density at radius 3 is 2.67 bits per heavy atom. The molecule has 0 radical (unpaired) electrons. The van der Waals surface area contributed by atoms with Gasteiger partial charge in [0.05, 0.1) is 11.2 Å². The van der Waals surface area contributed by atoms with E-state index < -0.39 is 0 Å². The number of aryl methyl sites for hydroxylation is 2. The monoisotopic (exact) mass is 287 g/mol. The summed E-state index contributed by atoms with van der Waals surface area (Å²) in [5.41, 5.74) is 1.65. The predicted octanol–water partition coefficient (Wildman–Crippen LogP) is 1.71. The largest absolute Gasteiger partial charge is 0.486 e. The summed E-state index contributed by atoms with van der Waals surface area (Å²) in [6, 6.07) is 3.38. The van der Waals surface area contributed by atoms with E-state index in [1.807, 2.05) is 13.0 Å². The van der Waals surface area contributed by atoms with Gasteiger partial charge in [-0.2, -0.15) is 0 Å². The van der Waals surface area contributed by atoms with Crippen molar-refractivity contribution in [2.45, 2.75) is 25.9 Å². The van der Waals surface area contributed by atoms with Crippen LogP contribution >= 0.6 is 0 Å². The summed E-state index contributed by atoms with van der Waals surface area (Å²) in [4.78, 5) is 18.6. The van der Waals surface area contributed by atoms with Gasteiger partial charge in [0.25, 0.3) is 5.56 Å². The van der Waals surface area contributed by atoms with E-state index in [-0.39, 0.29) is 11.7 Å². The number of piperidine rings is 1. The molecule has 2 aromatic heterocycles. The number of nitrogens with zero attached hydrogens (tertiary/aromatic N) is 3. The molecule has 0 amide bonds. The first-order valence-corrected chi connectivity index (χ1v) is 7.37. The normalized spacial score (nSPS) is 17.3. The van der Waals surface area contributed by atoms with E-state index in [0.29, 0.717) is 0 Å². The van der Waals surface area contributed by atoms with Crippen LogP contribution in [-0.4, -0.2) is 40.7 Å². The van der Waals surface area contributed by atoms with Crippen LogP contribution in [0.3, 0.4) is 0 Å². The van der Waals surface area contributed by atoms with E-state index in [0.717, 1.165) is 48.3 Å². The van der Waals surface area contributed by atoms with Crippen molar-refractivity contribution in [1.29, 1.82) is 0 Å². The molecule has 21 heavy (non-hydrogen) atoms. The lowest BCUT2D eigenvalue weighted by atomic mass is 10.1. The third kappa shape index (κ3) is 2.65. The lowest BCUT2D eigenvalue weighted by Gasteiger charge is -2.30. The Balaban J connectivity index is 2.02. The van der Waals surface area contributed by atoms with Gasteiger partial charge in [-0.05, 0) is 32.9 Å². The molecule has 3 rings (SSSR count). The quantitative estimate of drug-likeness (QED) is 0.844. The number of rotatable bonds is 2. The fourth-order valence-electron chi connectivity index (χ4n) is 2.85. The zero-order valence-electron chi connectivity index (χ0n) is 12.8. The number of hydrogen-bond donors (Lipinski definition) is 0. The molecule has 112 valence electrons. The number of aromatic nitrogens is 2. The van der Waals surface area contributed by atoms with E-state index in [1.54, 1.807) is 23.9 Å². The number of pyridine rings is 2. The van der Waals surface area contributed by atoms with Crippen molar-refractivity contribution in [3.8, 4) is 5.75 Å². The van der Waals surface area contributed by atoms with E-state index in [4.69, 9.17) is 4.74 Å². The van der Waals surface area contributed by atoms with Crippen LogP contribution in [0.15, 0.2) is 23.1 Å². The lowest BCUT2D eigenvalue weighted by Crippen LogP contribution is -2.36. The second kappa shape index (κ2) is 5.48. The zero-order chi connectivity index (χ0) is 15.0. The van der Waals surface area contributed by atoms with Crippen LogP contribution in [0, 0.1) is 6.92 Å². The summed E-state index contributed by atoms with van der Waals surface area (Å²) in [6.45, 7) is 4.02. The van der Waals surface area contributed by atoms with Crippen molar-refractivity contribution >= 4 is 10.9 Å². The van der Waals surface area contributed by atoms with E-state index in [9.17, 15) is 4.79 Å². The van der Waals surface area contributed by atoms with Gasteiger partial charge in [0.1, 0.15) is 6.10 Å². The molecule has 0 saturated carbocycles. The topological polar surface area (TPSA) is 47.4 Å². The number of fused-ring (bicyclic) bond motifs is 1. The minimum Gasteiger partial charge on any atom is -0.486 e. The van der Waals surface area contributed by atoms with Crippen LogP contribution in [0.4, 0.5) is 0 Å². The summed E-state index contributed by atoms with van der Waals surface area (Å²) in [5.74, 6) is 0.752. The molecule has 0 spiro atoms. The molecule has 0 bridgehead atoms. The van der Waals surface area contributed by atoms with Gasteiger partial charge in [-0.3, -0.25) is 9.78 Å². The Labute approximate surface area is 124 Å². The summed E-state index contributed by atoms with van der Waals surface area (Å²) in [6.07, 6.45) is 4.01. The maximum Gasteiger partial charge on any atom is 0.250 e. The number of hydrogen-bond acceptors (Lipinski definition) is 4. The molecule has 5 nitrogen and oxygen atoms in total. The van der Waals surface area contributed by atoms with Gasteiger partial charge in [0.2, 0.25) is 0 Å². The highest BCUT2D eigenvalue weighted by Gasteiger charge is 2.21. The Hall–Kier alpha value is -1.88. The molecular formula is C16H21N3O2. The first-order chi connectivity index (χ1) is 10.1.